The predicted octanol–water partition coefficient (Wildman–Crippen LogP) is 3.80. The summed E-state index contributed by atoms with van der Waals surface area (Å²) < 4.78 is 19.2. The maximum absolute atomic E-state index is 13.3. The second kappa shape index (κ2) is 7.74. The summed E-state index contributed by atoms with van der Waals surface area (Å²) in [4.78, 5) is 26.7. The molecule has 1 aliphatic rings. The zero-order valence-corrected chi connectivity index (χ0v) is 16.4. The summed E-state index contributed by atoms with van der Waals surface area (Å²) >= 11 is 0. The Kier molecular flexibility index (Phi) is 4.78. The summed E-state index contributed by atoms with van der Waals surface area (Å²) in [5.74, 6) is 2.00. The Bertz CT molecular complexity index is 1200. The van der Waals surface area contributed by atoms with Gasteiger partial charge in [-0.2, -0.15) is 0 Å². The minimum Gasteiger partial charge on any atom is -0.445 e. The van der Waals surface area contributed by atoms with Crippen LogP contribution in [0.4, 0.5) is 4.39 Å². The molecule has 0 saturated carbocycles. The molecule has 2 aromatic carbocycles. The first-order valence-electron chi connectivity index (χ1n) is 10.1. The first kappa shape index (κ1) is 18.5. The lowest BCUT2D eigenvalue weighted by atomic mass is 10.1. The minimum absolute atomic E-state index is 0.0555. The molecule has 0 unspecified atom stereocenters. The van der Waals surface area contributed by atoms with Crippen molar-refractivity contribution in [3.05, 3.63) is 83.1 Å². The first-order valence-corrected chi connectivity index (χ1v) is 10.1. The van der Waals surface area contributed by atoms with Crippen LogP contribution in [0, 0.1) is 5.82 Å². The second-order valence-electron chi connectivity index (χ2n) is 7.55. The number of oxazole rings is 1. The molecular weight excluding hydrogens is 383 g/mol. The fourth-order valence-electron chi connectivity index (χ4n) is 3.85. The number of aromatic amines is 1. The van der Waals surface area contributed by atoms with Gasteiger partial charge >= 0.3 is 0 Å². The highest BCUT2D eigenvalue weighted by molar-refractivity contribution is 5.77. The highest BCUT2D eigenvalue weighted by Crippen LogP contribution is 2.22. The summed E-state index contributed by atoms with van der Waals surface area (Å²) in [7, 11) is 0. The molecule has 0 radical (unpaired) electrons. The Morgan fingerprint density at radius 2 is 2.03 bits per heavy atom. The highest BCUT2D eigenvalue weighted by atomic mass is 19.1. The van der Waals surface area contributed by atoms with Crippen LogP contribution in [0.15, 0.2) is 52.9 Å². The van der Waals surface area contributed by atoms with Crippen molar-refractivity contribution in [3.8, 4) is 0 Å². The number of halogens is 1. The van der Waals surface area contributed by atoms with E-state index in [1.54, 1.807) is 6.07 Å². The molecule has 2 aromatic heterocycles. The molecule has 6 nitrogen and oxygen atoms in total. The van der Waals surface area contributed by atoms with E-state index in [0.29, 0.717) is 61.5 Å². The molecule has 4 aromatic rings. The Labute approximate surface area is 172 Å². The molecule has 0 bridgehead atoms. The normalized spacial score (nSPS) is 13.6. The van der Waals surface area contributed by atoms with Crippen molar-refractivity contribution in [2.75, 3.05) is 6.54 Å². The third kappa shape index (κ3) is 3.83. The molecule has 30 heavy (non-hydrogen) atoms. The number of benzene rings is 2. The van der Waals surface area contributed by atoms with Crippen molar-refractivity contribution in [3.63, 3.8) is 0 Å². The van der Waals surface area contributed by atoms with E-state index in [2.05, 4.69) is 15.0 Å². The average Bonchev–Trinajstić information content (AvgIpc) is 3.34. The summed E-state index contributed by atoms with van der Waals surface area (Å²) in [5.41, 5.74) is 3.35. The van der Waals surface area contributed by atoms with E-state index in [0.717, 1.165) is 17.0 Å². The number of aromatic nitrogens is 3. The lowest BCUT2D eigenvalue weighted by Gasteiger charge is -2.25. The summed E-state index contributed by atoms with van der Waals surface area (Å²) in [6.07, 6.45) is 2.14. The van der Waals surface area contributed by atoms with Gasteiger partial charge in [0.15, 0.2) is 5.89 Å². The molecule has 0 atom stereocenters. The number of aryl methyl sites for hydroxylation is 1. The van der Waals surface area contributed by atoms with Gasteiger partial charge in [0.2, 0.25) is 5.91 Å². The molecule has 1 N–H and O–H groups in total. The fraction of sp³-hybridized carbons (Fsp3) is 0.261. The molecule has 7 heteroatoms. The molecule has 3 heterocycles. The van der Waals surface area contributed by atoms with E-state index >= 15 is 0 Å². The quantitative estimate of drug-likeness (QED) is 0.549. The van der Waals surface area contributed by atoms with Gasteiger partial charge in [0.05, 0.1) is 17.6 Å². The van der Waals surface area contributed by atoms with E-state index < -0.39 is 0 Å². The third-order valence-corrected chi connectivity index (χ3v) is 5.39. The molecule has 5 rings (SSSR count). The lowest BCUT2D eigenvalue weighted by molar-refractivity contribution is -0.132. The van der Waals surface area contributed by atoms with Gasteiger partial charge in [0, 0.05) is 32.2 Å². The number of nitrogens with one attached hydrogen (secondary N) is 1. The van der Waals surface area contributed by atoms with Crippen LogP contribution in [0.1, 0.15) is 35.2 Å². The van der Waals surface area contributed by atoms with Gasteiger partial charge in [-0.15, -0.1) is 0 Å². The number of hydrogen-bond acceptors (Lipinski definition) is 4. The van der Waals surface area contributed by atoms with Crippen molar-refractivity contribution in [2.45, 2.75) is 32.2 Å². The SMILES string of the molecule is O=C(CCc1nc2ccc(F)cc2[nH]1)N1CCc2oc(Cc3ccccc3)nc2C1. The number of carbonyl (C=O) groups excluding carboxylic acids is 1. The minimum atomic E-state index is -0.308. The van der Waals surface area contributed by atoms with Gasteiger partial charge < -0.3 is 14.3 Å². The van der Waals surface area contributed by atoms with Crippen LogP contribution in [-0.2, 0) is 30.6 Å². The molecular formula is C23H21FN4O2. The largest absolute Gasteiger partial charge is 0.445 e. The topological polar surface area (TPSA) is 75.0 Å². The summed E-state index contributed by atoms with van der Waals surface area (Å²) in [6.45, 7) is 1.09. The molecule has 0 fully saturated rings. The summed E-state index contributed by atoms with van der Waals surface area (Å²) in [5, 5.41) is 0. The van der Waals surface area contributed by atoms with E-state index in [1.807, 2.05) is 35.2 Å². The number of H-pyrrole nitrogens is 1. The number of nitrogens with zero attached hydrogens (tertiary/aromatic N) is 3. The molecule has 0 spiro atoms. The van der Waals surface area contributed by atoms with Crippen LogP contribution in [0.3, 0.4) is 0 Å². The third-order valence-electron chi connectivity index (χ3n) is 5.39. The van der Waals surface area contributed by atoms with Crippen molar-refractivity contribution >= 4 is 16.9 Å². The maximum Gasteiger partial charge on any atom is 0.223 e. The van der Waals surface area contributed by atoms with E-state index in [1.165, 1.54) is 12.1 Å². The molecule has 1 amide bonds. The van der Waals surface area contributed by atoms with Crippen LogP contribution in [0.5, 0.6) is 0 Å². The first-order chi connectivity index (χ1) is 14.6. The Morgan fingerprint density at radius 1 is 1.17 bits per heavy atom. The standard InChI is InChI=1S/C23H21FN4O2/c24-16-6-7-17-18(13-16)26-21(25-17)8-9-23(29)28-11-10-20-19(14-28)27-22(30-20)12-15-4-2-1-3-5-15/h1-7,13H,8-12,14H2,(H,25,26). The average molecular weight is 404 g/mol. The monoisotopic (exact) mass is 404 g/mol. The van der Waals surface area contributed by atoms with Crippen LogP contribution >= 0.6 is 0 Å². The van der Waals surface area contributed by atoms with Gasteiger partial charge in [-0.3, -0.25) is 4.79 Å². The second-order valence-corrected chi connectivity index (χ2v) is 7.55. The molecule has 0 aliphatic carbocycles. The van der Waals surface area contributed by atoms with Crippen molar-refractivity contribution in [1.82, 2.24) is 19.9 Å². The van der Waals surface area contributed by atoms with Crippen molar-refractivity contribution < 1.29 is 13.6 Å². The molecule has 152 valence electrons. The number of hydrogen-bond donors (Lipinski definition) is 1. The summed E-state index contributed by atoms with van der Waals surface area (Å²) in [6, 6.07) is 14.5. The molecule has 0 saturated heterocycles. The van der Waals surface area contributed by atoms with Gasteiger partial charge in [-0.05, 0) is 23.8 Å². The van der Waals surface area contributed by atoms with Gasteiger partial charge in [-0.1, -0.05) is 30.3 Å². The number of imidazole rings is 1. The highest BCUT2D eigenvalue weighted by Gasteiger charge is 2.25. The van der Waals surface area contributed by atoms with Crippen LogP contribution in [0.25, 0.3) is 11.0 Å². The Morgan fingerprint density at radius 3 is 2.90 bits per heavy atom. The number of amides is 1. The van der Waals surface area contributed by atoms with Crippen molar-refractivity contribution in [2.24, 2.45) is 0 Å². The van der Waals surface area contributed by atoms with E-state index in [9.17, 15) is 9.18 Å². The van der Waals surface area contributed by atoms with Crippen LogP contribution in [-0.4, -0.2) is 32.3 Å². The van der Waals surface area contributed by atoms with Crippen LogP contribution in [0.2, 0.25) is 0 Å². The smallest absolute Gasteiger partial charge is 0.223 e. The van der Waals surface area contributed by atoms with Crippen LogP contribution < -0.4 is 0 Å². The number of rotatable bonds is 5. The van der Waals surface area contributed by atoms with Gasteiger partial charge in [0.25, 0.3) is 0 Å². The number of fused-ring (bicyclic) bond motifs is 2. The predicted molar refractivity (Wildman–Crippen MR) is 109 cm³/mol. The zero-order valence-electron chi connectivity index (χ0n) is 16.4. The lowest BCUT2D eigenvalue weighted by Crippen LogP contribution is -2.36. The van der Waals surface area contributed by atoms with Gasteiger partial charge in [0.1, 0.15) is 23.1 Å². The molecule has 1 aliphatic heterocycles. The Balaban J connectivity index is 1.21. The van der Waals surface area contributed by atoms with Crippen molar-refractivity contribution in [1.29, 1.82) is 0 Å². The zero-order chi connectivity index (χ0) is 20.5. The van der Waals surface area contributed by atoms with E-state index in [-0.39, 0.29) is 11.7 Å². The Hall–Kier alpha value is -3.48. The maximum atomic E-state index is 13.3. The fourth-order valence-corrected chi connectivity index (χ4v) is 3.85. The van der Waals surface area contributed by atoms with Gasteiger partial charge in [-0.25, -0.2) is 14.4 Å². The number of carbonyl (C=O) groups is 1. The van der Waals surface area contributed by atoms with E-state index in [4.69, 9.17) is 4.42 Å².